The van der Waals surface area contributed by atoms with E-state index in [9.17, 15) is 18.7 Å². The molecule has 3 heterocycles. The van der Waals surface area contributed by atoms with Gasteiger partial charge in [-0.25, -0.2) is 18.3 Å². The fraction of sp³-hybridized carbons (Fsp3) is 0.444. The number of halogens is 2. The van der Waals surface area contributed by atoms with Crippen LogP contribution in [-0.4, -0.2) is 42.0 Å². The Morgan fingerprint density at radius 3 is 2.82 bits per heavy atom. The average molecular weight is 390 g/mol. The number of hydrogen-bond acceptors (Lipinski definition) is 5. The number of rotatable bonds is 5. The molecule has 10 heteroatoms. The number of alkyl halides is 2. The predicted molar refractivity (Wildman–Crippen MR) is 96.2 cm³/mol. The van der Waals surface area contributed by atoms with Crippen molar-refractivity contribution in [2.24, 2.45) is 5.92 Å². The van der Waals surface area contributed by atoms with Gasteiger partial charge in [-0.2, -0.15) is 10.2 Å². The van der Waals surface area contributed by atoms with E-state index in [4.69, 9.17) is 0 Å². The van der Waals surface area contributed by atoms with Crippen LogP contribution in [0.5, 0.6) is 0 Å². The first-order valence-electron chi connectivity index (χ1n) is 9.14. The van der Waals surface area contributed by atoms with Crippen LogP contribution in [0.15, 0.2) is 30.9 Å². The molecule has 0 spiro atoms. The Morgan fingerprint density at radius 2 is 2.11 bits per heavy atom. The lowest BCUT2D eigenvalue weighted by atomic mass is 9.87. The molecule has 0 bridgehead atoms. The number of carbonyl (C=O) groups excluding carboxylic acids is 1. The highest BCUT2D eigenvalue weighted by atomic mass is 19.3. The van der Waals surface area contributed by atoms with Crippen LogP contribution in [0.1, 0.15) is 54.2 Å². The zero-order chi connectivity index (χ0) is 19.7. The van der Waals surface area contributed by atoms with Crippen LogP contribution in [0.2, 0.25) is 0 Å². The van der Waals surface area contributed by atoms with E-state index < -0.39 is 18.0 Å². The van der Waals surface area contributed by atoms with Crippen molar-refractivity contribution in [1.29, 1.82) is 0 Å². The van der Waals surface area contributed by atoms with E-state index in [0.29, 0.717) is 5.65 Å². The molecule has 3 aromatic heterocycles. The summed E-state index contributed by atoms with van der Waals surface area (Å²) in [5, 5.41) is 19.9. The number of nitrogens with zero attached hydrogens (tertiary/aromatic N) is 5. The number of aliphatic hydroxyl groups is 1. The molecule has 0 saturated heterocycles. The molecular weight excluding hydrogens is 370 g/mol. The topological polar surface area (TPSA) is 97.3 Å². The molecule has 4 rings (SSSR count). The van der Waals surface area contributed by atoms with E-state index in [1.54, 1.807) is 12.3 Å². The Balaban J connectivity index is 1.57. The van der Waals surface area contributed by atoms with Crippen molar-refractivity contribution in [3.8, 4) is 0 Å². The maximum atomic E-state index is 13.5. The summed E-state index contributed by atoms with van der Waals surface area (Å²) >= 11 is 0. The van der Waals surface area contributed by atoms with Gasteiger partial charge in [0.25, 0.3) is 12.3 Å². The van der Waals surface area contributed by atoms with Crippen molar-refractivity contribution in [3.05, 3.63) is 42.1 Å². The van der Waals surface area contributed by atoms with Crippen molar-refractivity contribution in [3.63, 3.8) is 0 Å². The van der Waals surface area contributed by atoms with Gasteiger partial charge in [-0.15, -0.1) is 0 Å². The van der Waals surface area contributed by atoms with Crippen molar-refractivity contribution in [2.75, 3.05) is 11.9 Å². The number of nitrogens with one attached hydrogen (secondary N) is 1. The third kappa shape index (κ3) is 3.47. The highest BCUT2D eigenvalue weighted by molar-refractivity contribution is 6.08. The van der Waals surface area contributed by atoms with Crippen molar-refractivity contribution < 1.29 is 18.7 Å². The second kappa shape index (κ2) is 7.63. The zero-order valence-corrected chi connectivity index (χ0v) is 15.0. The second-order valence-corrected chi connectivity index (χ2v) is 6.97. The third-order valence-electron chi connectivity index (χ3n) is 5.19. The lowest BCUT2D eigenvalue weighted by Crippen LogP contribution is -2.20. The van der Waals surface area contributed by atoms with Crippen LogP contribution in [-0.2, 0) is 0 Å². The highest BCUT2D eigenvalue weighted by Crippen LogP contribution is 2.34. The van der Waals surface area contributed by atoms with Gasteiger partial charge in [0.15, 0.2) is 11.3 Å². The fourth-order valence-electron chi connectivity index (χ4n) is 3.62. The van der Waals surface area contributed by atoms with Gasteiger partial charge in [-0.1, -0.05) is 0 Å². The number of fused-ring (bicyclic) bond motifs is 1. The molecule has 0 unspecified atom stereocenters. The summed E-state index contributed by atoms with van der Waals surface area (Å²) in [5.41, 5.74) is 0.0620. The van der Waals surface area contributed by atoms with Crippen LogP contribution in [0, 0.1) is 5.92 Å². The van der Waals surface area contributed by atoms with Gasteiger partial charge in [0, 0.05) is 25.2 Å². The van der Waals surface area contributed by atoms with Crippen LogP contribution in [0.4, 0.5) is 14.5 Å². The number of hydrogen-bond donors (Lipinski definition) is 2. The summed E-state index contributed by atoms with van der Waals surface area (Å²) < 4.78 is 29.9. The van der Waals surface area contributed by atoms with Gasteiger partial charge in [0.1, 0.15) is 5.56 Å². The monoisotopic (exact) mass is 390 g/mol. The van der Waals surface area contributed by atoms with E-state index in [2.05, 4.69) is 20.5 Å². The summed E-state index contributed by atoms with van der Waals surface area (Å²) in [4.78, 5) is 16.7. The Bertz CT molecular complexity index is 978. The first kappa shape index (κ1) is 18.5. The van der Waals surface area contributed by atoms with E-state index in [1.165, 1.54) is 27.8 Å². The number of amides is 1. The molecule has 1 aliphatic carbocycles. The van der Waals surface area contributed by atoms with Gasteiger partial charge >= 0.3 is 0 Å². The standard InChI is InChI=1S/C18H20F2N6O2/c19-16(20)15-14(9-26(24-15)12-4-2-11(10-27)3-5-12)23-18(28)13-8-22-25-7-1-6-21-17(13)25/h1,6-9,11-12,16,27H,2-5,10H2,(H,23,28). The molecule has 148 valence electrons. The van der Waals surface area contributed by atoms with E-state index >= 15 is 0 Å². The molecule has 2 N–H and O–H groups in total. The maximum absolute atomic E-state index is 13.5. The van der Waals surface area contributed by atoms with Crippen LogP contribution < -0.4 is 5.32 Å². The molecule has 8 nitrogen and oxygen atoms in total. The summed E-state index contributed by atoms with van der Waals surface area (Å²) in [6.45, 7) is 0.142. The van der Waals surface area contributed by atoms with Crippen LogP contribution in [0.3, 0.4) is 0 Å². The summed E-state index contributed by atoms with van der Waals surface area (Å²) in [6, 6.07) is 1.65. The first-order valence-corrected chi connectivity index (χ1v) is 9.14. The van der Waals surface area contributed by atoms with E-state index in [1.807, 2.05) is 0 Å². The summed E-state index contributed by atoms with van der Waals surface area (Å²) in [7, 11) is 0. The molecular formula is C18H20F2N6O2. The Labute approximate surface area is 159 Å². The second-order valence-electron chi connectivity index (χ2n) is 6.97. The van der Waals surface area contributed by atoms with Crippen molar-refractivity contribution >= 4 is 17.2 Å². The molecule has 1 saturated carbocycles. The summed E-state index contributed by atoms with van der Waals surface area (Å²) in [5.74, 6) is -0.317. The first-order chi connectivity index (χ1) is 13.6. The molecule has 28 heavy (non-hydrogen) atoms. The van der Waals surface area contributed by atoms with E-state index in [0.717, 1.165) is 25.7 Å². The SMILES string of the molecule is O=C(Nc1cn(C2CCC(CO)CC2)nc1C(F)F)c1cnn2cccnc12. The maximum Gasteiger partial charge on any atom is 0.284 e. The van der Waals surface area contributed by atoms with Crippen LogP contribution in [0.25, 0.3) is 5.65 Å². The quantitative estimate of drug-likeness (QED) is 0.698. The zero-order valence-electron chi connectivity index (χ0n) is 15.0. The Hall–Kier alpha value is -2.88. The minimum absolute atomic E-state index is 0.0143. The molecule has 0 aliphatic heterocycles. The lowest BCUT2D eigenvalue weighted by Gasteiger charge is -2.27. The minimum Gasteiger partial charge on any atom is -0.396 e. The van der Waals surface area contributed by atoms with Gasteiger partial charge in [0.05, 0.1) is 17.9 Å². The number of anilines is 1. The smallest absolute Gasteiger partial charge is 0.284 e. The fourth-order valence-corrected chi connectivity index (χ4v) is 3.62. The van der Waals surface area contributed by atoms with Gasteiger partial charge < -0.3 is 10.4 Å². The number of aliphatic hydroxyl groups excluding tert-OH is 1. The molecule has 1 amide bonds. The molecule has 0 atom stereocenters. The lowest BCUT2D eigenvalue weighted by molar-refractivity contribution is 0.102. The normalized spacial score (nSPS) is 20.0. The number of aromatic nitrogens is 5. The predicted octanol–water partition coefficient (Wildman–Crippen LogP) is 2.84. The van der Waals surface area contributed by atoms with Crippen molar-refractivity contribution in [1.82, 2.24) is 24.4 Å². The average Bonchev–Trinajstić information content (AvgIpc) is 3.32. The van der Waals surface area contributed by atoms with E-state index in [-0.39, 0.29) is 29.8 Å². The molecule has 0 aromatic carbocycles. The molecule has 1 aliphatic rings. The third-order valence-corrected chi connectivity index (χ3v) is 5.19. The number of carbonyl (C=O) groups is 1. The Morgan fingerprint density at radius 1 is 1.32 bits per heavy atom. The van der Waals surface area contributed by atoms with Crippen LogP contribution >= 0.6 is 0 Å². The molecule has 0 radical (unpaired) electrons. The van der Waals surface area contributed by atoms with Gasteiger partial charge in [0.2, 0.25) is 0 Å². The summed E-state index contributed by atoms with van der Waals surface area (Å²) in [6.07, 6.45) is 6.31. The largest absolute Gasteiger partial charge is 0.396 e. The Kier molecular flexibility index (Phi) is 5.03. The van der Waals surface area contributed by atoms with Gasteiger partial charge in [-0.05, 0) is 37.7 Å². The molecule has 3 aromatic rings. The molecule has 1 fully saturated rings. The van der Waals surface area contributed by atoms with Gasteiger partial charge in [-0.3, -0.25) is 9.48 Å². The minimum atomic E-state index is -2.81. The highest BCUT2D eigenvalue weighted by Gasteiger charge is 2.27. The van der Waals surface area contributed by atoms with Crippen molar-refractivity contribution in [2.45, 2.75) is 38.2 Å².